The zero-order valence-electron chi connectivity index (χ0n) is 10.0. The van der Waals surface area contributed by atoms with Gasteiger partial charge in [-0.25, -0.2) is 8.78 Å². The Morgan fingerprint density at radius 2 is 1.84 bits per heavy atom. The lowest BCUT2D eigenvalue weighted by Crippen LogP contribution is -2.05. The van der Waals surface area contributed by atoms with Crippen molar-refractivity contribution in [1.29, 1.82) is 0 Å². The number of aliphatic hydroxyl groups excluding tert-OH is 1. The van der Waals surface area contributed by atoms with Crippen LogP contribution in [0.4, 0.5) is 8.78 Å². The van der Waals surface area contributed by atoms with Crippen LogP contribution in [0.5, 0.6) is 5.75 Å². The summed E-state index contributed by atoms with van der Waals surface area (Å²) in [7, 11) is 1.39. The van der Waals surface area contributed by atoms with Gasteiger partial charge in [0.2, 0.25) is 0 Å². The highest BCUT2D eigenvalue weighted by Crippen LogP contribution is 2.32. The van der Waals surface area contributed by atoms with Crippen molar-refractivity contribution in [2.45, 2.75) is 6.10 Å². The second-order valence-electron chi connectivity index (χ2n) is 3.95. The summed E-state index contributed by atoms with van der Waals surface area (Å²) in [6.07, 6.45) is -1.36. The topological polar surface area (TPSA) is 29.5 Å². The highest BCUT2D eigenvalue weighted by atomic mass is 35.5. The molecular weight excluding hydrogens is 274 g/mol. The summed E-state index contributed by atoms with van der Waals surface area (Å²) < 4.78 is 32.0. The molecule has 1 atom stereocenters. The van der Waals surface area contributed by atoms with E-state index in [0.717, 1.165) is 12.1 Å². The summed E-state index contributed by atoms with van der Waals surface area (Å²) in [5, 5.41) is 10.5. The average molecular weight is 285 g/mol. The van der Waals surface area contributed by atoms with Crippen molar-refractivity contribution >= 4 is 11.6 Å². The van der Waals surface area contributed by atoms with Gasteiger partial charge in [0.15, 0.2) is 0 Å². The number of aliphatic hydroxyl groups is 1. The van der Waals surface area contributed by atoms with Crippen molar-refractivity contribution in [3.05, 3.63) is 64.2 Å². The lowest BCUT2D eigenvalue weighted by molar-refractivity contribution is 0.209. The van der Waals surface area contributed by atoms with E-state index in [1.165, 1.54) is 31.4 Å². The van der Waals surface area contributed by atoms with Gasteiger partial charge in [0, 0.05) is 16.1 Å². The fourth-order valence-corrected chi connectivity index (χ4v) is 1.99. The van der Waals surface area contributed by atoms with Crippen molar-refractivity contribution in [3.63, 3.8) is 0 Å². The molecule has 0 bridgehead atoms. The van der Waals surface area contributed by atoms with E-state index >= 15 is 0 Å². The van der Waals surface area contributed by atoms with Crippen molar-refractivity contribution in [2.75, 3.05) is 7.11 Å². The van der Waals surface area contributed by atoms with Crippen LogP contribution in [0, 0.1) is 11.6 Å². The Bertz CT molecular complexity index is 602. The van der Waals surface area contributed by atoms with Gasteiger partial charge >= 0.3 is 0 Å². The van der Waals surface area contributed by atoms with Crippen molar-refractivity contribution in [3.8, 4) is 5.75 Å². The molecule has 2 nitrogen and oxygen atoms in total. The molecular formula is C14H11ClF2O2. The van der Waals surface area contributed by atoms with Gasteiger partial charge in [-0.1, -0.05) is 11.6 Å². The normalized spacial score (nSPS) is 12.3. The minimum Gasteiger partial charge on any atom is -0.496 e. The van der Waals surface area contributed by atoms with Crippen LogP contribution in [0.3, 0.4) is 0 Å². The Hall–Kier alpha value is -1.65. The van der Waals surface area contributed by atoms with Gasteiger partial charge in [-0.2, -0.15) is 0 Å². The van der Waals surface area contributed by atoms with Gasteiger partial charge in [0.1, 0.15) is 23.5 Å². The molecule has 2 rings (SSSR count). The first-order valence-corrected chi connectivity index (χ1v) is 5.87. The standard InChI is InChI=1S/C14H11ClF2O2/c1-19-13-5-3-9(16)7-11(13)14(18)10-6-8(15)2-4-12(10)17/h2-7,14,18H,1H3. The number of benzene rings is 2. The summed E-state index contributed by atoms with van der Waals surface area (Å²) in [5.41, 5.74) is 0.111. The molecule has 2 aromatic carbocycles. The molecule has 0 aliphatic carbocycles. The molecule has 0 saturated heterocycles. The molecule has 0 radical (unpaired) electrons. The van der Waals surface area contributed by atoms with Gasteiger partial charge in [-0.15, -0.1) is 0 Å². The van der Waals surface area contributed by atoms with Crippen LogP contribution in [0.2, 0.25) is 5.02 Å². The van der Waals surface area contributed by atoms with Crippen LogP contribution in [-0.4, -0.2) is 12.2 Å². The van der Waals surface area contributed by atoms with E-state index in [1.54, 1.807) is 0 Å². The Labute approximate surface area is 114 Å². The number of halogens is 3. The Morgan fingerprint density at radius 1 is 1.11 bits per heavy atom. The molecule has 0 aromatic heterocycles. The number of methoxy groups -OCH3 is 1. The van der Waals surface area contributed by atoms with E-state index in [1.807, 2.05) is 0 Å². The lowest BCUT2D eigenvalue weighted by atomic mass is 10.00. The molecule has 5 heteroatoms. The molecule has 100 valence electrons. The van der Waals surface area contributed by atoms with Crippen molar-refractivity contribution < 1.29 is 18.6 Å². The Balaban J connectivity index is 2.51. The SMILES string of the molecule is COc1ccc(F)cc1C(O)c1cc(Cl)ccc1F. The minimum absolute atomic E-state index is 0.0311. The minimum atomic E-state index is -1.36. The third-order valence-corrected chi connectivity index (χ3v) is 2.97. The highest BCUT2D eigenvalue weighted by Gasteiger charge is 2.20. The molecule has 2 aromatic rings. The Kier molecular flexibility index (Phi) is 4.02. The van der Waals surface area contributed by atoms with Gasteiger partial charge in [0.25, 0.3) is 0 Å². The summed E-state index contributed by atoms with van der Waals surface area (Å²) in [6.45, 7) is 0. The zero-order chi connectivity index (χ0) is 14.0. The van der Waals surface area contributed by atoms with E-state index in [2.05, 4.69) is 0 Å². The first kappa shape index (κ1) is 13.8. The first-order chi connectivity index (χ1) is 9.02. The van der Waals surface area contributed by atoms with Crippen LogP contribution >= 0.6 is 11.6 Å². The molecule has 0 aliphatic heterocycles. The number of hydrogen-bond donors (Lipinski definition) is 1. The van der Waals surface area contributed by atoms with Crippen molar-refractivity contribution in [1.82, 2.24) is 0 Å². The predicted molar refractivity (Wildman–Crippen MR) is 68.4 cm³/mol. The zero-order valence-corrected chi connectivity index (χ0v) is 10.8. The monoisotopic (exact) mass is 284 g/mol. The molecule has 0 heterocycles. The Morgan fingerprint density at radius 3 is 2.53 bits per heavy atom. The van der Waals surface area contributed by atoms with E-state index < -0.39 is 17.7 Å². The fraction of sp³-hybridized carbons (Fsp3) is 0.143. The maximum Gasteiger partial charge on any atom is 0.129 e. The largest absolute Gasteiger partial charge is 0.496 e. The first-order valence-electron chi connectivity index (χ1n) is 5.49. The fourth-order valence-electron chi connectivity index (χ4n) is 1.81. The molecule has 0 saturated carbocycles. The lowest BCUT2D eigenvalue weighted by Gasteiger charge is -2.16. The maximum atomic E-state index is 13.7. The number of ether oxygens (including phenoxy) is 1. The van der Waals surface area contributed by atoms with E-state index in [0.29, 0.717) is 0 Å². The molecule has 0 amide bonds. The molecule has 0 spiro atoms. The van der Waals surface area contributed by atoms with Crippen LogP contribution in [0.15, 0.2) is 36.4 Å². The second kappa shape index (κ2) is 5.55. The number of rotatable bonds is 3. The summed E-state index contributed by atoms with van der Waals surface area (Å²) >= 11 is 5.77. The third-order valence-electron chi connectivity index (χ3n) is 2.74. The molecule has 1 N–H and O–H groups in total. The summed E-state index contributed by atoms with van der Waals surface area (Å²) in [5.74, 6) is -0.895. The number of hydrogen-bond acceptors (Lipinski definition) is 2. The van der Waals surface area contributed by atoms with Crippen LogP contribution in [-0.2, 0) is 0 Å². The second-order valence-corrected chi connectivity index (χ2v) is 4.39. The van der Waals surface area contributed by atoms with E-state index in [9.17, 15) is 13.9 Å². The van der Waals surface area contributed by atoms with Gasteiger partial charge in [-0.3, -0.25) is 0 Å². The van der Waals surface area contributed by atoms with Crippen molar-refractivity contribution in [2.24, 2.45) is 0 Å². The van der Waals surface area contributed by atoms with Crippen LogP contribution < -0.4 is 4.74 Å². The third kappa shape index (κ3) is 2.85. The smallest absolute Gasteiger partial charge is 0.129 e. The van der Waals surface area contributed by atoms with Gasteiger partial charge < -0.3 is 9.84 Å². The van der Waals surface area contributed by atoms with Crippen LogP contribution in [0.1, 0.15) is 17.2 Å². The van der Waals surface area contributed by atoms with Crippen LogP contribution in [0.25, 0.3) is 0 Å². The summed E-state index contributed by atoms with van der Waals surface area (Å²) in [4.78, 5) is 0. The van der Waals surface area contributed by atoms with E-state index in [4.69, 9.17) is 16.3 Å². The predicted octanol–water partition coefficient (Wildman–Crippen LogP) is 3.71. The highest BCUT2D eigenvalue weighted by molar-refractivity contribution is 6.30. The quantitative estimate of drug-likeness (QED) is 0.931. The molecule has 19 heavy (non-hydrogen) atoms. The molecule has 0 aliphatic rings. The molecule has 0 fully saturated rings. The molecule has 1 unspecified atom stereocenters. The maximum absolute atomic E-state index is 13.7. The van der Waals surface area contributed by atoms with Gasteiger partial charge in [-0.05, 0) is 36.4 Å². The van der Waals surface area contributed by atoms with Gasteiger partial charge in [0.05, 0.1) is 7.11 Å². The summed E-state index contributed by atoms with van der Waals surface area (Å²) in [6, 6.07) is 7.48. The van der Waals surface area contributed by atoms with E-state index in [-0.39, 0.29) is 21.9 Å². The average Bonchev–Trinajstić information content (AvgIpc) is 2.40.